The minimum absolute atomic E-state index is 0.299. The van der Waals surface area contributed by atoms with Gasteiger partial charge in [-0.05, 0) is 41.8 Å². The number of aryl methyl sites for hydroxylation is 1. The van der Waals surface area contributed by atoms with Gasteiger partial charge < -0.3 is 5.11 Å². The van der Waals surface area contributed by atoms with E-state index in [1.807, 2.05) is 13.0 Å². The average molecular weight is 344 g/mol. The van der Waals surface area contributed by atoms with Gasteiger partial charge in [0.25, 0.3) is 0 Å². The van der Waals surface area contributed by atoms with Crippen molar-refractivity contribution in [2.24, 2.45) is 0 Å². The van der Waals surface area contributed by atoms with Crippen molar-refractivity contribution in [1.82, 2.24) is 0 Å². The zero-order chi connectivity index (χ0) is 14.0. The van der Waals surface area contributed by atoms with Gasteiger partial charge in [-0.3, -0.25) is 0 Å². The molecule has 0 heterocycles. The van der Waals surface area contributed by atoms with Gasteiger partial charge in [0.05, 0.1) is 6.10 Å². The molecule has 0 spiro atoms. The molecule has 0 aliphatic rings. The van der Waals surface area contributed by atoms with Gasteiger partial charge in [0.1, 0.15) is 5.82 Å². The summed E-state index contributed by atoms with van der Waals surface area (Å²) in [5.74, 6) is -0.299. The summed E-state index contributed by atoms with van der Waals surface area (Å²) in [6.45, 7) is 1.90. The first-order valence-corrected chi connectivity index (χ1v) is 7.02. The molecule has 0 aromatic heterocycles. The number of halogens is 3. The molecule has 2 aromatic carbocycles. The van der Waals surface area contributed by atoms with E-state index in [-0.39, 0.29) is 5.82 Å². The van der Waals surface area contributed by atoms with Gasteiger partial charge in [-0.15, -0.1) is 0 Å². The Hall–Kier alpha value is -0.900. The minimum Gasteiger partial charge on any atom is -0.388 e. The summed E-state index contributed by atoms with van der Waals surface area (Å²) >= 11 is 9.26. The van der Waals surface area contributed by atoms with Crippen LogP contribution in [0.15, 0.2) is 40.9 Å². The molecule has 0 fully saturated rings. The van der Waals surface area contributed by atoms with Gasteiger partial charge in [-0.25, -0.2) is 4.39 Å². The summed E-state index contributed by atoms with van der Waals surface area (Å²) in [7, 11) is 0. The van der Waals surface area contributed by atoms with Crippen LogP contribution in [0.25, 0.3) is 0 Å². The molecule has 1 nitrogen and oxygen atoms in total. The van der Waals surface area contributed by atoms with E-state index in [1.165, 1.54) is 12.1 Å². The van der Waals surface area contributed by atoms with Crippen LogP contribution >= 0.6 is 27.5 Å². The third kappa shape index (κ3) is 3.56. The normalized spacial score (nSPS) is 12.5. The molecule has 4 heteroatoms. The summed E-state index contributed by atoms with van der Waals surface area (Å²) in [5, 5.41) is 10.9. The lowest BCUT2D eigenvalue weighted by atomic mass is 10.00. The molecule has 0 saturated heterocycles. The summed E-state index contributed by atoms with van der Waals surface area (Å²) in [5.41, 5.74) is 2.59. The summed E-state index contributed by atoms with van der Waals surface area (Å²) in [6, 6.07) is 9.90. The molecule has 2 rings (SSSR count). The minimum atomic E-state index is -0.641. The summed E-state index contributed by atoms with van der Waals surface area (Å²) in [6.07, 6.45) is -0.222. The third-order valence-electron chi connectivity index (χ3n) is 3.00. The van der Waals surface area contributed by atoms with Crippen LogP contribution < -0.4 is 0 Å². The lowest BCUT2D eigenvalue weighted by molar-refractivity contribution is 0.178. The van der Waals surface area contributed by atoms with Crippen LogP contribution in [0.2, 0.25) is 5.02 Å². The first-order valence-electron chi connectivity index (χ1n) is 5.85. The Morgan fingerprint density at radius 2 is 2.00 bits per heavy atom. The van der Waals surface area contributed by atoms with Crippen molar-refractivity contribution in [2.45, 2.75) is 19.4 Å². The predicted molar refractivity (Wildman–Crippen MR) is 79.0 cm³/mol. The van der Waals surface area contributed by atoms with E-state index >= 15 is 0 Å². The smallest absolute Gasteiger partial charge is 0.124 e. The number of hydrogen-bond donors (Lipinski definition) is 1. The highest BCUT2D eigenvalue weighted by molar-refractivity contribution is 9.10. The van der Waals surface area contributed by atoms with Crippen LogP contribution in [0.1, 0.15) is 22.8 Å². The van der Waals surface area contributed by atoms with Crippen LogP contribution in [-0.2, 0) is 6.42 Å². The lowest BCUT2D eigenvalue weighted by Crippen LogP contribution is -2.03. The fraction of sp³-hybridized carbons (Fsp3) is 0.200. The summed E-state index contributed by atoms with van der Waals surface area (Å²) in [4.78, 5) is 0. The SMILES string of the molecule is Cc1cc(C(O)Cc2ccc(F)cc2Br)ccc1Cl. The van der Waals surface area contributed by atoms with Crippen molar-refractivity contribution in [3.05, 3.63) is 68.4 Å². The zero-order valence-electron chi connectivity index (χ0n) is 10.3. The van der Waals surface area contributed by atoms with Gasteiger partial charge in [0.2, 0.25) is 0 Å². The molecule has 19 heavy (non-hydrogen) atoms. The summed E-state index contributed by atoms with van der Waals surface area (Å²) < 4.78 is 13.7. The number of benzene rings is 2. The first kappa shape index (κ1) is 14.5. The zero-order valence-corrected chi connectivity index (χ0v) is 12.7. The van der Waals surface area contributed by atoms with Crippen molar-refractivity contribution in [3.8, 4) is 0 Å². The van der Waals surface area contributed by atoms with Crippen LogP contribution in [-0.4, -0.2) is 5.11 Å². The highest BCUT2D eigenvalue weighted by Gasteiger charge is 2.12. The Morgan fingerprint density at radius 3 is 2.63 bits per heavy atom. The molecule has 0 amide bonds. The average Bonchev–Trinajstić information content (AvgIpc) is 2.36. The second-order valence-electron chi connectivity index (χ2n) is 4.46. The van der Waals surface area contributed by atoms with Gasteiger partial charge in [0.15, 0.2) is 0 Å². The molecule has 1 unspecified atom stereocenters. The predicted octanol–water partition coefficient (Wildman–Crippen LogP) is 4.83. The fourth-order valence-electron chi connectivity index (χ4n) is 1.89. The van der Waals surface area contributed by atoms with Crippen molar-refractivity contribution in [1.29, 1.82) is 0 Å². The van der Waals surface area contributed by atoms with E-state index in [9.17, 15) is 9.50 Å². The second-order valence-corrected chi connectivity index (χ2v) is 5.73. The lowest BCUT2D eigenvalue weighted by Gasteiger charge is -2.13. The van der Waals surface area contributed by atoms with Crippen LogP contribution in [0.5, 0.6) is 0 Å². The monoisotopic (exact) mass is 342 g/mol. The van der Waals surface area contributed by atoms with E-state index in [1.54, 1.807) is 18.2 Å². The topological polar surface area (TPSA) is 20.2 Å². The van der Waals surface area contributed by atoms with Crippen molar-refractivity contribution >= 4 is 27.5 Å². The van der Waals surface area contributed by atoms with E-state index < -0.39 is 6.10 Å². The van der Waals surface area contributed by atoms with Crippen LogP contribution in [0.3, 0.4) is 0 Å². The Labute approximate surface area is 125 Å². The standard InChI is InChI=1S/C15H13BrClFO/c1-9-6-11(3-5-14(9)17)15(19)7-10-2-4-12(18)8-13(10)16/h2-6,8,15,19H,7H2,1H3. The third-order valence-corrected chi connectivity index (χ3v) is 4.16. The van der Waals surface area contributed by atoms with E-state index in [0.717, 1.165) is 16.7 Å². The number of aliphatic hydroxyl groups is 1. The second kappa shape index (κ2) is 6.04. The fourth-order valence-corrected chi connectivity index (χ4v) is 2.52. The number of hydrogen-bond acceptors (Lipinski definition) is 1. The first-order chi connectivity index (χ1) is 8.97. The number of aliphatic hydroxyl groups excluding tert-OH is 1. The van der Waals surface area contributed by atoms with Crippen LogP contribution in [0, 0.1) is 12.7 Å². The van der Waals surface area contributed by atoms with Gasteiger partial charge in [-0.2, -0.15) is 0 Å². The Bertz CT molecular complexity index is 601. The van der Waals surface area contributed by atoms with Gasteiger partial charge in [0, 0.05) is 15.9 Å². The highest BCUT2D eigenvalue weighted by Crippen LogP contribution is 2.26. The number of rotatable bonds is 3. The van der Waals surface area contributed by atoms with Crippen molar-refractivity contribution in [3.63, 3.8) is 0 Å². The Balaban J connectivity index is 2.20. The maximum Gasteiger partial charge on any atom is 0.124 e. The molecular formula is C15H13BrClFO. The molecule has 1 atom stereocenters. The van der Waals surface area contributed by atoms with E-state index in [0.29, 0.717) is 15.9 Å². The quantitative estimate of drug-likeness (QED) is 0.846. The molecule has 0 bridgehead atoms. The van der Waals surface area contributed by atoms with E-state index in [4.69, 9.17) is 11.6 Å². The maximum atomic E-state index is 13.0. The molecular weight excluding hydrogens is 331 g/mol. The molecule has 0 aliphatic carbocycles. The molecule has 2 aromatic rings. The van der Waals surface area contributed by atoms with Crippen molar-refractivity contribution < 1.29 is 9.50 Å². The molecule has 0 radical (unpaired) electrons. The van der Waals surface area contributed by atoms with E-state index in [2.05, 4.69) is 15.9 Å². The highest BCUT2D eigenvalue weighted by atomic mass is 79.9. The molecule has 0 saturated carbocycles. The molecule has 100 valence electrons. The Kier molecular flexibility index (Phi) is 4.61. The maximum absolute atomic E-state index is 13.0. The van der Waals surface area contributed by atoms with Gasteiger partial charge >= 0.3 is 0 Å². The molecule has 0 aliphatic heterocycles. The Morgan fingerprint density at radius 1 is 1.26 bits per heavy atom. The van der Waals surface area contributed by atoms with Crippen molar-refractivity contribution in [2.75, 3.05) is 0 Å². The largest absolute Gasteiger partial charge is 0.388 e. The van der Waals surface area contributed by atoms with Crippen LogP contribution in [0.4, 0.5) is 4.39 Å². The molecule has 1 N–H and O–H groups in total. The van der Waals surface area contributed by atoms with Gasteiger partial charge in [-0.1, -0.05) is 45.7 Å².